The maximum absolute atomic E-state index is 0. The molecule has 0 nitrogen and oxygen atoms in total. The fourth-order valence-electron chi connectivity index (χ4n) is 0. The second-order valence-corrected chi connectivity index (χ2v) is 0. The third-order valence-corrected chi connectivity index (χ3v) is 0. The summed E-state index contributed by atoms with van der Waals surface area (Å²) in [5, 5.41) is 0. The first kappa shape index (κ1) is 36.3. The van der Waals surface area contributed by atoms with Crippen LogP contribution in [0.2, 0.25) is 0 Å². The zero-order valence-electron chi connectivity index (χ0n) is 4.53. The second-order valence-electron chi connectivity index (χ2n) is 0. The summed E-state index contributed by atoms with van der Waals surface area (Å²) in [6.45, 7) is 0. The van der Waals surface area contributed by atoms with E-state index in [1.165, 1.54) is 0 Å². The molecule has 0 bridgehead atoms. The molecule has 0 unspecified atom stereocenters. The van der Waals surface area contributed by atoms with E-state index in [2.05, 4.69) is 0 Å². The summed E-state index contributed by atoms with van der Waals surface area (Å²) in [5.41, 5.74) is 0. The predicted molar refractivity (Wildman–Crippen MR) is 19.5 cm³/mol. The minimum absolute atomic E-state index is 0. The number of rotatable bonds is 0. The first-order valence-corrected chi connectivity index (χ1v) is 0. The van der Waals surface area contributed by atoms with E-state index in [-0.39, 0.29) is 72.6 Å². The van der Waals surface area contributed by atoms with Gasteiger partial charge in [0.05, 0.1) is 0 Å². The Hall–Kier alpha value is 2.08. The van der Waals surface area contributed by atoms with Gasteiger partial charge in [0.25, 0.3) is 0 Å². The first-order valence-electron chi connectivity index (χ1n) is 0. The SMILES string of the molecule is [Be+2].[H-].[H-].[Mg+2].[Se-2].[Zn]. The third-order valence-electron chi connectivity index (χ3n) is 0. The van der Waals surface area contributed by atoms with Crippen LogP contribution in [0.1, 0.15) is 2.85 Å². The van der Waals surface area contributed by atoms with E-state index < -0.39 is 0 Å². The van der Waals surface area contributed by atoms with Crippen LogP contribution in [0, 0.1) is 0 Å². The topological polar surface area (TPSA) is 0 Å². The van der Waals surface area contributed by atoms with Gasteiger partial charge in [0.2, 0.25) is 0 Å². The van der Waals surface area contributed by atoms with E-state index in [9.17, 15) is 0 Å². The normalized spacial score (nSPS) is 0. The molecule has 4 heteroatoms. The standard InChI is InChI=1S/Be.Mg.Se.Zn.2H/q2*+2;-2;;2*-1. The molecule has 0 saturated carbocycles. The van der Waals surface area contributed by atoms with Crippen LogP contribution < -0.4 is 0 Å². The average Bonchev–Trinajstić information content (AvgIpc) is 0. The van der Waals surface area contributed by atoms with Crippen LogP contribution in [0.25, 0.3) is 0 Å². The van der Waals surface area contributed by atoms with Crippen LogP contribution in [0.4, 0.5) is 0 Å². The van der Waals surface area contributed by atoms with Crippen LogP contribution in [0.3, 0.4) is 0 Å². The van der Waals surface area contributed by atoms with Gasteiger partial charge in [-0.15, -0.1) is 0 Å². The molecule has 0 aliphatic rings. The summed E-state index contributed by atoms with van der Waals surface area (Å²) in [7, 11) is 0. The molecule has 0 amide bonds. The van der Waals surface area contributed by atoms with Gasteiger partial charge >= 0.3 is 33.2 Å². The van der Waals surface area contributed by atoms with Crippen LogP contribution in [-0.4, -0.2) is 50.2 Å². The molecule has 0 aromatic heterocycles. The molecule has 4 heavy (non-hydrogen) atoms. The molecule has 0 saturated heterocycles. The Morgan fingerprint density at radius 2 is 1.25 bits per heavy atom. The average molecular weight is 180 g/mol. The van der Waals surface area contributed by atoms with Gasteiger partial charge in [-0.3, -0.25) is 0 Å². The van der Waals surface area contributed by atoms with Crippen LogP contribution >= 0.6 is 0 Å². The van der Waals surface area contributed by atoms with Gasteiger partial charge in [0.1, 0.15) is 0 Å². The molecule has 0 aliphatic heterocycles. The van der Waals surface area contributed by atoms with Gasteiger partial charge in [-0.1, -0.05) is 0 Å². The number of hydrogen-bond donors (Lipinski definition) is 0. The minimum atomic E-state index is 0. The van der Waals surface area contributed by atoms with Gasteiger partial charge in [-0.25, -0.2) is 0 Å². The van der Waals surface area contributed by atoms with Crippen molar-refractivity contribution in [3.8, 4) is 0 Å². The van der Waals surface area contributed by atoms with E-state index in [1.54, 1.807) is 0 Å². The fourth-order valence-corrected chi connectivity index (χ4v) is 0. The van der Waals surface area contributed by atoms with Gasteiger partial charge < -0.3 is 19.9 Å². The quantitative estimate of drug-likeness (QED) is 0.422. The summed E-state index contributed by atoms with van der Waals surface area (Å²) in [4.78, 5) is 0. The largest absolute Gasteiger partial charge is 2.00 e. The van der Waals surface area contributed by atoms with Gasteiger partial charge in [-0.05, 0) is 0 Å². The van der Waals surface area contributed by atoms with E-state index in [0.29, 0.717) is 0 Å². The molecule has 0 aliphatic carbocycles. The van der Waals surface area contributed by atoms with E-state index >= 15 is 0 Å². The van der Waals surface area contributed by atoms with Crippen molar-refractivity contribution in [3.05, 3.63) is 0 Å². The van der Waals surface area contributed by atoms with E-state index in [1.807, 2.05) is 0 Å². The van der Waals surface area contributed by atoms with E-state index in [4.69, 9.17) is 0 Å². The monoisotopic (exact) mass is 179 g/mol. The minimum Gasteiger partial charge on any atom is -2.00 e. The van der Waals surface area contributed by atoms with Gasteiger partial charge in [-0.2, -0.15) is 0 Å². The van der Waals surface area contributed by atoms with Crippen molar-refractivity contribution < 1.29 is 22.3 Å². The smallest absolute Gasteiger partial charge is 2.00 e. The molecular formula is H2BeMgSeZn. The Labute approximate surface area is 72.1 Å². The van der Waals surface area contributed by atoms with Crippen LogP contribution in [0.15, 0.2) is 0 Å². The van der Waals surface area contributed by atoms with E-state index in [0.717, 1.165) is 0 Å². The predicted octanol–water partition coefficient (Wildman–Crippen LogP) is -0.920. The van der Waals surface area contributed by atoms with Crippen molar-refractivity contribution in [3.63, 3.8) is 0 Å². The first-order chi connectivity index (χ1) is 0. The fraction of sp³-hybridized carbons (Fsp3) is 0. The molecule has 0 fully saturated rings. The van der Waals surface area contributed by atoms with Crippen molar-refractivity contribution >= 4 is 50.2 Å². The molecule has 0 atom stereocenters. The Bertz CT molecular complexity index is 13.5. The summed E-state index contributed by atoms with van der Waals surface area (Å²) in [6, 6.07) is 0. The zero-order valence-corrected chi connectivity index (χ0v) is 8.62. The summed E-state index contributed by atoms with van der Waals surface area (Å²) < 4.78 is 0. The van der Waals surface area contributed by atoms with Crippen LogP contribution in [0.5, 0.6) is 0 Å². The molecular weight excluding hydrogens is 178 g/mol. The molecule has 0 radical (unpaired) electrons. The third kappa shape index (κ3) is 8.95. The maximum Gasteiger partial charge on any atom is 2.00 e. The molecule has 0 aromatic carbocycles. The summed E-state index contributed by atoms with van der Waals surface area (Å²) >= 11 is 0. The van der Waals surface area contributed by atoms with Crippen molar-refractivity contribution in [1.82, 2.24) is 0 Å². The molecule has 14 valence electrons. The van der Waals surface area contributed by atoms with Crippen molar-refractivity contribution in [2.45, 2.75) is 0 Å². The Morgan fingerprint density at radius 3 is 1.25 bits per heavy atom. The maximum atomic E-state index is 0. The molecule has 0 aromatic rings. The zero-order chi connectivity index (χ0) is 0. The molecule has 0 spiro atoms. The molecule has 0 rings (SSSR count). The Morgan fingerprint density at radius 1 is 1.25 bits per heavy atom. The Balaban J connectivity index is 0. The van der Waals surface area contributed by atoms with Crippen molar-refractivity contribution in [2.75, 3.05) is 0 Å². The Kier molecular flexibility index (Phi) is 177. The summed E-state index contributed by atoms with van der Waals surface area (Å²) in [6.07, 6.45) is 0. The van der Waals surface area contributed by atoms with Crippen molar-refractivity contribution in [2.24, 2.45) is 0 Å². The van der Waals surface area contributed by atoms with Gasteiger partial charge in [0.15, 0.2) is 0 Å². The van der Waals surface area contributed by atoms with Crippen molar-refractivity contribution in [1.29, 1.82) is 0 Å². The molecule has 0 heterocycles. The van der Waals surface area contributed by atoms with Gasteiger partial charge in [0, 0.05) is 19.5 Å². The number of hydrogen-bond acceptors (Lipinski definition) is 0. The molecule has 0 N–H and O–H groups in total. The summed E-state index contributed by atoms with van der Waals surface area (Å²) in [5.74, 6) is 0. The van der Waals surface area contributed by atoms with Crippen LogP contribution in [-0.2, 0) is 19.5 Å². The second kappa shape index (κ2) is 19.6.